The fourth-order valence-electron chi connectivity index (χ4n) is 0.362. The molecule has 0 aromatic heterocycles. The van der Waals surface area contributed by atoms with E-state index in [9.17, 15) is 0 Å². The first-order valence-corrected chi connectivity index (χ1v) is 2.85. The number of hydrogen-bond acceptors (Lipinski definition) is 3. The largest absolute Gasteiger partial charge is 0.382 e. The maximum atomic E-state index is 5.02. The molecule has 0 atom stereocenters. The van der Waals surface area contributed by atoms with Gasteiger partial charge in [0.1, 0.15) is 0 Å². The summed E-state index contributed by atoms with van der Waals surface area (Å²) in [5.74, 6) is 0. The Morgan fingerprint density at radius 1 is 1.11 bits per heavy atom. The van der Waals surface area contributed by atoms with Gasteiger partial charge in [-0.05, 0) is 0 Å². The Morgan fingerprint density at radius 3 is 2.33 bits per heavy atom. The van der Waals surface area contributed by atoms with E-state index in [1.165, 1.54) is 0 Å². The summed E-state index contributed by atoms with van der Waals surface area (Å²) in [6.45, 7) is 2.40. The van der Waals surface area contributed by atoms with Gasteiger partial charge in [0.05, 0.1) is 33.5 Å². The molecule has 0 rings (SSSR count). The maximum Gasteiger partial charge on any atom is 0.0701 e. The zero-order chi connectivity index (χ0) is 6.95. The van der Waals surface area contributed by atoms with Crippen LogP contribution in [0.2, 0.25) is 0 Å². The SMILES string of the molecule is [CH2]OCCOCCOC. The van der Waals surface area contributed by atoms with Gasteiger partial charge in [-0.25, -0.2) is 0 Å². The average molecular weight is 133 g/mol. The smallest absolute Gasteiger partial charge is 0.0701 e. The molecule has 0 N–H and O–H groups in total. The van der Waals surface area contributed by atoms with Gasteiger partial charge in [-0.2, -0.15) is 0 Å². The molecule has 0 aromatic carbocycles. The summed E-state index contributed by atoms with van der Waals surface area (Å²) in [6.07, 6.45) is 0. The Morgan fingerprint density at radius 2 is 1.78 bits per heavy atom. The summed E-state index contributed by atoms with van der Waals surface area (Å²) in [4.78, 5) is 0. The minimum Gasteiger partial charge on any atom is -0.382 e. The highest BCUT2D eigenvalue weighted by molar-refractivity contribution is 4.29. The fourth-order valence-corrected chi connectivity index (χ4v) is 0.362. The van der Waals surface area contributed by atoms with E-state index in [0.717, 1.165) is 0 Å². The van der Waals surface area contributed by atoms with Crippen LogP contribution in [-0.2, 0) is 14.2 Å². The summed E-state index contributed by atoms with van der Waals surface area (Å²) < 4.78 is 14.3. The molecular weight excluding hydrogens is 120 g/mol. The van der Waals surface area contributed by atoms with Crippen LogP contribution in [-0.4, -0.2) is 33.5 Å². The van der Waals surface area contributed by atoms with Crippen molar-refractivity contribution in [3.05, 3.63) is 7.11 Å². The molecule has 3 nitrogen and oxygen atoms in total. The topological polar surface area (TPSA) is 27.7 Å². The Bertz CT molecular complexity index is 41.6. The van der Waals surface area contributed by atoms with E-state index >= 15 is 0 Å². The van der Waals surface area contributed by atoms with Gasteiger partial charge in [-0.3, -0.25) is 0 Å². The third-order valence-electron chi connectivity index (χ3n) is 0.804. The molecular formula is C6H13O3. The van der Waals surface area contributed by atoms with Gasteiger partial charge in [0.25, 0.3) is 0 Å². The normalized spacial score (nSPS) is 10.0. The Hall–Kier alpha value is -0.120. The van der Waals surface area contributed by atoms with Gasteiger partial charge >= 0.3 is 0 Å². The van der Waals surface area contributed by atoms with Crippen molar-refractivity contribution in [1.29, 1.82) is 0 Å². The number of ether oxygens (including phenoxy) is 3. The summed E-state index contributed by atoms with van der Waals surface area (Å²) in [5.41, 5.74) is 0. The minimum absolute atomic E-state index is 0.545. The predicted molar refractivity (Wildman–Crippen MR) is 34.0 cm³/mol. The third kappa shape index (κ3) is 7.88. The van der Waals surface area contributed by atoms with Crippen molar-refractivity contribution >= 4 is 0 Å². The van der Waals surface area contributed by atoms with Crippen molar-refractivity contribution in [2.45, 2.75) is 0 Å². The molecule has 0 heterocycles. The van der Waals surface area contributed by atoms with Gasteiger partial charge in [0.15, 0.2) is 0 Å². The van der Waals surface area contributed by atoms with E-state index in [1.807, 2.05) is 0 Å². The lowest BCUT2D eigenvalue weighted by Crippen LogP contribution is -2.06. The molecule has 0 bridgehead atoms. The van der Waals surface area contributed by atoms with Crippen molar-refractivity contribution in [3.63, 3.8) is 0 Å². The molecule has 1 radical (unpaired) electrons. The van der Waals surface area contributed by atoms with Crippen LogP contribution in [0.25, 0.3) is 0 Å². The van der Waals surface area contributed by atoms with Crippen molar-refractivity contribution < 1.29 is 14.2 Å². The molecule has 0 aliphatic rings. The molecule has 3 heteroatoms. The lowest BCUT2D eigenvalue weighted by molar-refractivity contribution is 0.0453. The quantitative estimate of drug-likeness (QED) is 0.492. The van der Waals surface area contributed by atoms with Crippen LogP contribution in [0, 0.1) is 7.11 Å². The molecule has 0 saturated carbocycles. The van der Waals surface area contributed by atoms with Crippen molar-refractivity contribution in [3.8, 4) is 0 Å². The van der Waals surface area contributed by atoms with Crippen LogP contribution in [0.15, 0.2) is 0 Å². The van der Waals surface area contributed by atoms with E-state index in [-0.39, 0.29) is 0 Å². The highest BCUT2D eigenvalue weighted by Gasteiger charge is 1.84. The number of methoxy groups -OCH3 is 1. The van der Waals surface area contributed by atoms with Gasteiger partial charge in [0.2, 0.25) is 0 Å². The lowest BCUT2D eigenvalue weighted by Gasteiger charge is -2.00. The second-order valence-corrected chi connectivity index (χ2v) is 1.51. The Balaban J connectivity index is 2.60. The second kappa shape index (κ2) is 7.88. The fraction of sp³-hybridized carbons (Fsp3) is 0.833. The van der Waals surface area contributed by atoms with E-state index < -0.39 is 0 Å². The molecule has 9 heavy (non-hydrogen) atoms. The Kier molecular flexibility index (Phi) is 7.77. The van der Waals surface area contributed by atoms with Crippen LogP contribution in [0.4, 0.5) is 0 Å². The van der Waals surface area contributed by atoms with Crippen LogP contribution in [0.1, 0.15) is 0 Å². The molecule has 0 aromatic rings. The highest BCUT2D eigenvalue weighted by Crippen LogP contribution is 1.76. The maximum absolute atomic E-state index is 5.02. The molecule has 0 saturated heterocycles. The van der Waals surface area contributed by atoms with Crippen molar-refractivity contribution in [2.75, 3.05) is 33.5 Å². The first-order valence-electron chi connectivity index (χ1n) is 2.85. The Labute approximate surface area is 55.9 Å². The molecule has 0 fully saturated rings. The molecule has 0 spiro atoms. The van der Waals surface area contributed by atoms with Crippen molar-refractivity contribution in [2.24, 2.45) is 0 Å². The predicted octanol–water partition coefficient (Wildman–Crippen LogP) is 0.458. The second-order valence-electron chi connectivity index (χ2n) is 1.51. The third-order valence-corrected chi connectivity index (χ3v) is 0.804. The summed E-state index contributed by atoms with van der Waals surface area (Å²) in [5, 5.41) is 0. The van der Waals surface area contributed by atoms with E-state index in [0.29, 0.717) is 26.4 Å². The molecule has 0 unspecified atom stereocenters. The summed E-state index contributed by atoms with van der Waals surface area (Å²) in [6, 6.07) is 0. The van der Waals surface area contributed by atoms with Gasteiger partial charge in [0, 0.05) is 7.11 Å². The van der Waals surface area contributed by atoms with E-state index in [4.69, 9.17) is 9.47 Å². The first-order chi connectivity index (χ1) is 4.41. The minimum atomic E-state index is 0.545. The van der Waals surface area contributed by atoms with Crippen LogP contribution >= 0.6 is 0 Å². The van der Waals surface area contributed by atoms with Crippen LogP contribution in [0.5, 0.6) is 0 Å². The van der Waals surface area contributed by atoms with Crippen LogP contribution < -0.4 is 0 Å². The van der Waals surface area contributed by atoms with Gasteiger partial charge in [-0.15, -0.1) is 0 Å². The first kappa shape index (κ1) is 8.88. The zero-order valence-electron chi connectivity index (χ0n) is 5.76. The monoisotopic (exact) mass is 133 g/mol. The molecule has 0 aliphatic carbocycles. The highest BCUT2D eigenvalue weighted by atomic mass is 16.5. The van der Waals surface area contributed by atoms with Gasteiger partial charge in [-0.1, -0.05) is 0 Å². The van der Waals surface area contributed by atoms with Gasteiger partial charge < -0.3 is 14.2 Å². The van der Waals surface area contributed by atoms with Crippen molar-refractivity contribution in [1.82, 2.24) is 0 Å². The standard InChI is InChI=1S/C6H13O3/c1-7-3-5-9-6-4-8-2/h1,3-6H2,2H3. The summed E-state index contributed by atoms with van der Waals surface area (Å²) >= 11 is 0. The lowest BCUT2D eigenvalue weighted by atomic mass is 10.7. The molecule has 0 aliphatic heterocycles. The number of hydrogen-bond donors (Lipinski definition) is 0. The zero-order valence-corrected chi connectivity index (χ0v) is 5.76. The average Bonchev–Trinajstić information content (AvgIpc) is 1.89. The summed E-state index contributed by atoms with van der Waals surface area (Å²) in [7, 11) is 4.83. The number of rotatable bonds is 6. The molecule has 55 valence electrons. The molecule has 0 amide bonds. The van der Waals surface area contributed by atoms with E-state index in [2.05, 4.69) is 11.8 Å². The van der Waals surface area contributed by atoms with Crippen LogP contribution in [0.3, 0.4) is 0 Å². The van der Waals surface area contributed by atoms with E-state index in [1.54, 1.807) is 7.11 Å².